The number of benzene rings is 1. The van der Waals surface area contributed by atoms with Gasteiger partial charge in [0.25, 0.3) is 5.69 Å². The van der Waals surface area contributed by atoms with Gasteiger partial charge in [-0.1, -0.05) is 12.1 Å². The van der Waals surface area contributed by atoms with Crippen molar-refractivity contribution in [3.8, 4) is 0 Å². The summed E-state index contributed by atoms with van der Waals surface area (Å²) in [6, 6.07) is 5.91. The lowest BCUT2D eigenvalue weighted by atomic mass is 9.82. The van der Waals surface area contributed by atoms with Gasteiger partial charge in [-0.15, -0.1) is 0 Å². The van der Waals surface area contributed by atoms with Gasteiger partial charge in [0.1, 0.15) is 0 Å². The summed E-state index contributed by atoms with van der Waals surface area (Å²) in [5.74, 6) is -1.56. The van der Waals surface area contributed by atoms with Gasteiger partial charge in [0, 0.05) is 25.2 Å². The van der Waals surface area contributed by atoms with Crippen molar-refractivity contribution in [2.45, 2.75) is 32.1 Å². The molecule has 2 rings (SSSR count). The third-order valence-electron chi connectivity index (χ3n) is 4.39. The van der Waals surface area contributed by atoms with Crippen LogP contribution < -0.4 is 0 Å². The number of nitro groups is 1. The van der Waals surface area contributed by atoms with E-state index < -0.39 is 22.2 Å². The Morgan fingerprint density at radius 3 is 2.43 bits per heavy atom. The number of nitrogens with zero attached hydrogens (tertiary/aromatic N) is 2. The van der Waals surface area contributed by atoms with E-state index in [1.807, 2.05) is 0 Å². The predicted octanol–water partition coefficient (Wildman–Crippen LogP) is 2.20. The molecule has 0 spiro atoms. The molecule has 0 saturated carbocycles. The molecule has 1 saturated heterocycles. The molecule has 1 N–H and O–H groups in total. The van der Waals surface area contributed by atoms with Crippen LogP contribution in [0.2, 0.25) is 0 Å². The van der Waals surface area contributed by atoms with E-state index in [2.05, 4.69) is 0 Å². The highest BCUT2D eigenvalue weighted by Crippen LogP contribution is 2.29. The number of piperidine rings is 1. The van der Waals surface area contributed by atoms with E-state index in [4.69, 9.17) is 5.11 Å². The van der Waals surface area contributed by atoms with E-state index in [0.717, 1.165) is 0 Å². The zero-order valence-electron chi connectivity index (χ0n) is 13.2. The highest BCUT2D eigenvalue weighted by atomic mass is 16.6. The summed E-state index contributed by atoms with van der Waals surface area (Å²) < 4.78 is 0. The minimum absolute atomic E-state index is 0.0269. The van der Waals surface area contributed by atoms with Crippen LogP contribution in [-0.2, 0) is 15.0 Å². The molecule has 23 heavy (non-hydrogen) atoms. The predicted molar refractivity (Wildman–Crippen MR) is 83.1 cm³/mol. The largest absolute Gasteiger partial charge is 0.481 e. The molecule has 1 unspecified atom stereocenters. The molecule has 1 amide bonds. The van der Waals surface area contributed by atoms with Gasteiger partial charge < -0.3 is 10.0 Å². The van der Waals surface area contributed by atoms with Crippen LogP contribution in [0.15, 0.2) is 24.3 Å². The van der Waals surface area contributed by atoms with Gasteiger partial charge in [0.15, 0.2) is 0 Å². The third kappa shape index (κ3) is 3.49. The molecular weight excluding hydrogens is 300 g/mol. The number of amides is 1. The maximum atomic E-state index is 12.8. The lowest BCUT2D eigenvalue weighted by Gasteiger charge is -2.36. The summed E-state index contributed by atoms with van der Waals surface area (Å²) in [6.45, 7) is 4.26. The molecule has 1 aromatic rings. The molecule has 1 aromatic carbocycles. The molecule has 124 valence electrons. The van der Waals surface area contributed by atoms with Crippen molar-refractivity contribution in [1.29, 1.82) is 0 Å². The van der Waals surface area contributed by atoms with Crippen molar-refractivity contribution in [1.82, 2.24) is 4.90 Å². The van der Waals surface area contributed by atoms with Gasteiger partial charge in [-0.3, -0.25) is 19.7 Å². The molecule has 1 fully saturated rings. The van der Waals surface area contributed by atoms with Crippen molar-refractivity contribution >= 4 is 17.6 Å². The van der Waals surface area contributed by atoms with Crippen LogP contribution in [0.4, 0.5) is 5.69 Å². The van der Waals surface area contributed by atoms with Crippen LogP contribution in [0, 0.1) is 16.0 Å². The Bertz CT molecular complexity index is 624. The van der Waals surface area contributed by atoms with Crippen molar-refractivity contribution in [3.05, 3.63) is 39.9 Å². The van der Waals surface area contributed by atoms with Crippen LogP contribution in [0.25, 0.3) is 0 Å². The summed E-state index contributed by atoms with van der Waals surface area (Å²) in [5.41, 5.74) is -0.221. The molecule has 0 bridgehead atoms. The number of non-ortho nitro benzene ring substituents is 1. The summed E-state index contributed by atoms with van der Waals surface area (Å²) in [4.78, 5) is 35.8. The summed E-state index contributed by atoms with van der Waals surface area (Å²) in [5, 5.41) is 19.9. The van der Waals surface area contributed by atoms with Gasteiger partial charge in [-0.25, -0.2) is 0 Å². The van der Waals surface area contributed by atoms with Crippen molar-refractivity contribution < 1.29 is 19.6 Å². The molecule has 0 radical (unpaired) electrons. The Hall–Kier alpha value is -2.44. The van der Waals surface area contributed by atoms with E-state index in [9.17, 15) is 19.7 Å². The summed E-state index contributed by atoms with van der Waals surface area (Å²) in [7, 11) is 0. The first-order valence-electron chi connectivity index (χ1n) is 7.50. The molecule has 1 heterocycles. The van der Waals surface area contributed by atoms with Gasteiger partial charge in [0.05, 0.1) is 16.3 Å². The Kier molecular flexibility index (Phi) is 4.68. The number of carbonyl (C=O) groups excluding carboxylic acids is 1. The number of hydrogen-bond donors (Lipinski definition) is 1. The first kappa shape index (κ1) is 16.9. The van der Waals surface area contributed by atoms with Crippen molar-refractivity contribution in [2.75, 3.05) is 13.1 Å². The Balaban J connectivity index is 2.19. The lowest BCUT2D eigenvalue weighted by molar-refractivity contribution is -0.384. The maximum absolute atomic E-state index is 12.8. The fourth-order valence-corrected chi connectivity index (χ4v) is 2.88. The quantitative estimate of drug-likeness (QED) is 0.677. The van der Waals surface area contributed by atoms with E-state index in [1.165, 1.54) is 12.1 Å². The number of rotatable bonds is 4. The van der Waals surface area contributed by atoms with E-state index in [0.29, 0.717) is 24.9 Å². The topological polar surface area (TPSA) is 101 Å². The molecule has 1 atom stereocenters. The number of carboxylic acids is 1. The lowest BCUT2D eigenvalue weighted by Crippen LogP contribution is -2.49. The van der Waals surface area contributed by atoms with Gasteiger partial charge in [0.2, 0.25) is 5.91 Å². The van der Waals surface area contributed by atoms with Gasteiger partial charge in [-0.05, 0) is 32.3 Å². The van der Waals surface area contributed by atoms with E-state index in [1.54, 1.807) is 30.9 Å². The number of likely N-dealkylation sites (tertiary alicyclic amines) is 1. The first-order valence-corrected chi connectivity index (χ1v) is 7.50. The summed E-state index contributed by atoms with van der Waals surface area (Å²) >= 11 is 0. The van der Waals surface area contributed by atoms with E-state index >= 15 is 0 Å². The van der Waals surface area contributed by atoms with Crippen LogP contribution in [0.5, 0.6) is 0 Å². The van der Waals surface area contributed by atoms with Crippen LogP contribution in [-0.4, -0.2) is 39.9 Å². The molecular formula is C16H20N2O5. The average molecular weight is 320 g/mol. The Labute approximate surface area is 134 Å². The standard InChI is InChI=1S/C16H20N2O5/c1-16(2,12-5-7-13(8-6-12)18(22)23)15(21)17-9-3-4-11(10-17)14(19)20/h5-8,11H,3-4,9-10H2,1-2H3,(H,19,20). The molecule has 7 nitrogen and oxygen atoms in total. The second kappa shape index (κ2) is 6.36. The number of aliphatic carboxylic acids is 1. The van der Waals surface area contributed by atoms with Gasteiger partial charge >= 0.3 is 5.97 Å². The number of carboxylic acid groups (broad SMARTS) is 1. The van der Waals surface area contributed by atoms with Crippen LogP contribution in [0.3, 0.4) is 0 Å². The minimum Gasteiger partial charge on any atom is -0.481 e. The summed E-state index contributed by atoms with van der Waals surface area (Å²) in [6.07, 6.45) is 1.25. The average Bonchev–Trinajstić information content (AvgIpc) is 2.54. The second-order valence-electron chi connectivity index (χ2n) is 6.36. The molecule has 0 aliphatic carbocycles. The minimum atomic E-state index is -0.879. The van der Waals surface area contributed by atoms with E-state index in [-0.39, 0.29) is 18.1 Å². The Morgan fingerprint density at radius 1 is 1.30 bits per heavy atom. The first-order chi connectivity index (χ1) is 10.7. The van der Waals surface area contributed by atoms with Crippen LogP contribution in [0.1, 0.15) is 32.3 Å². The number of nitro benzene ring substituents is 1. The SMILES string of the molecule is CC(C)(C(=O)N1CCCC(C(=O)O)C1)c1ccc([N+](=O)[O-])cc1. The zero-order chi connectivity index (χ0) is 17.2. The van der Waals surface area contributed by atoms with Crippen molar-refractivity contribution in [2.24, 2.45) is 5.92 Å². The van der Waals surface area contributed by atoms with Gasteiger partial charge in [-0.2, -0.15) is 0 Å². The Morgan fingerprint density at radius 2 is 1.91 bits per heavy atom. The normalized spacial score (nSPS) is 18.5. The molecule has 7 heteroatoms. The molecule has 1 aliphatic heterocycles. The zero-order valence-corrected chi connectivity index (χ0v) is 13.2. The van der Waals surface area contributed by atoms with Crippen molar-refractivity contribution in [3.63, 3.8) is 0 Å². The molecule has 1 aliphatic rings. The smallest absolute Gasteiger partial charge is 0.308 e. The molecule has 0 aromatic heterocycles. The highest BCUT2D eigenvalue weighted by molar-refractivity contribution is 5.88. The maximum Gasteiger partial charge on any atom is 0.308 e. The number of carbonyl (C=O) groups is 2. The van der Waals surface area contributed by atoms with Crippen LogP contribution >= 0.6 is 0 Å². The third-order valence-corrected chi connectivity index (χ3v) is 4.39. The second-order valence-corrected chi connectivity index (χ2v) is 6.36. The fourth-order valence-electron chi connectivity index (χ4n) is 2.88. The highest BCUT2D eigenvalue weighted by Gasteiger charge is 2.37. The monoisotopic (exact) mass is 320 g/mol. The number of hydrogen-bond acceptors (Lipinski definition) is 4. The fraction of sp³-hybridized carbons (Fsp3) is 0.500.